The Morgan fingerprint density at radius 2 is 2.10 bits per heavy atom. The molecule has 1 aromatic rings. The van der Waals surface area contributed by atoms with Crippen LogP contribution >= 0.6 is 11.6 Å². The van der Waals surface area contributed by atoms with Crippen LogP contribution in [-0.2, 0) is 11.3 Å². The van der Waals surface area contributed by atoms with Crippen LogP contribution in [0, 0.1) is 5.82 Å². The van der Waals surface area contributed by atoms with Gasteiger partial charge in [-0.25, -0.2) is 4.39 Å². The van der Waals surface area contributed by atoms with Crippen molar-refractivity contribution >= 4 is 11.6 Å². The molecule has 0 saturated carbocycles. The molecule has 1 fully saturated rings. The van der Waals surface area contributed by atoms with Crippen molar-refractivity contribution in [3.05, 3.63) is 34.6 Å². The maximum atomic E-state index is 13.7. The van der Waals surface area contributed by atoms with E-state index in [1.807, 2.05) is 0 Å². The minimum absolute atomic E-state index is 0.171. The molecular formula is C15H21ClFNO2. The highest BCUT2D eigenvalue weighted by Crippen LogP contribution is 2.23. The van der Waals surface area contributed by atoms with Crippen molar-refractivity contribution in [2.75, 3.05) is 26.3 Å². The molecule has 20 heavy (non-hydrogen) atoms. The van der Waals surface area contributed by atoms with Crippen molar-refractivity contribution in [1.82, 2.24) is 4.90 Å². The highest BCUT2D eigenvalue weighted by Gasteiger charge is 2.21. The summed E-state index contributed by atoms with van der Waals surface area (Å²) in [6.45, 7) is 3.10. The fourth-order valence-electron chi connectivity index (χ4n) is 2.46. The van der Waals surface area contributed by atoms with Gasteiger partial charge in [-0.05, 0) is 31.4 Å². The van der Waals surface area contributed by atoms with E-state index in [9.17, 15) is 4.39 Å². The lowest BCUT2D eigenvalue weighted by atomic mass is 10.1. The molecule has 3 nitrogen and oxygen atoms in total. The van der Waals surface area contributed by atoms with Crippen molar-refractivity contribution in [2.24, 2.45) is 0 Å². The van der Waals surface area contributed by atoms with Crippen molar-refractivity contribution in [2.45, 2.75) is 31.9 Å². The van der Waals surface area contributed by atoms with Crippen LogP contribution in [0.2, 0.25) is 5.02 Å². The average Bonchev–Trinajstić information content (AvgIpc) is 2.45. The van der Waals surface area contributed by atoms with Crippen molar-refractivity contribution in [3.63, 3.8) is 0 Å². The zero-order chi connectivity index (χ0) is 14.4. The number of aliphatic hydroxyl groups is 1. The number of ether oxygens (including phenoxy) is 1. The van der Waals surface area contributed by atoms with Crippen LogP contribution in [0.4, 0.5) is 4.39 Å². The lowest BCUT2D eigenvalue weighted by Crippen LogP contribution is -2.37. The lowest BCUT2D eigenvalue weighted by molar-refractivity contribution is 0.000638. The summed E-state index contributed by atoms with van der Waals surface area (Å²) in [6.07, 6.45) is 2.83. The number of nitrogens with zero attached hydrogens (tertiary/aromatic N) is 1. The first-order valence-corrected chi connectivity index (χ1v) is 7.46. The van der Waals surface area contributed by atoms with Gasteiger partial charge in [0.2, 0.25) is 0 Å². The number of likely N-dealkylation sites (tertiary alicyclic amines) is 1. The van der Waals surface area contributed by atoms with Gasteiger partial charge < -0.3 is 9.84 Å². The largest absolute Gasteiger partial charge is 0.396 e. The molecule has 1 aromatic carbocycles. The fourth-order valence-corrected chi connectivity index (χ4v) is 2.68. The van der Waals surface area contributed by atoms with Gasteiger partial charge in [0, 0.05) is 43.4 Å². The van der Waals surface area contributed by atoms with Crippen molar-refractivity contribution in [1.29, 1.82) is 0 Å². The summed E-state index contributed by atoms with van der Waals surface area (Å²) in [5.41, 5.74) is 0.578. The molecule has 0 aromatic heterocycles. The lowest BCUT2D eigenvalue weighted by Gasteiger charge is -2.32. The molecule has 0 spiro atoms. The molecule has 5 heteroatoms. The first kappa shape index (κ1) is 15.7. The van der Waals surface area contributed by atoms with E-state index in [4.69, 9.17) is 21.4 Å². The maximum absolute atomic E-state index is 13.7. The molecule has 1 aliphatic rings. The highest BCUT2D eigenvalue weighted by molar-refractivity contribution is 6.31. The molecular weight excluding hydrogens is 281 g/mol. The predicted octanol–water partition coefficient (Wildman–Crippen LogP) is 2.84. The molecule has 1 N–H and O–H groups in total. The van der Waals surface area contributed by atoms with Crippen LogP contribution in [0.5, 0.6) is 0 Å². The molecule has 0 amide bonds. The summed E-state index contributed by atoms with van der Waals surface area (Å²) in [4.78, 5) is 2.20. The number of piperidine rings is 1. The Morgan fingerprint density at radius 3 is 2.75 bits per heavy atom. The second-order valence-corrected chi connectivity index (χ2v) is 5.53. The van der Waals surface area contributed by atoms with Gasteiger partial charge in [-0.1, -0.05) is 17.7 Å². The third kappa shape index (κ3) is 4.42. The van der Waals surface area contributed by atoms with E-state index < -0.39 is 0 Å². The number of hydrogen-bond acceptors (Lipinski definition) is 3. The maximum Gasteiger partial charge on any atom is 0.129 e. The van der Waals surface area contributed by atoms with Gasteiger partial charge in [-0.3, -0.25) is 4.90 Å². The third-order valence-electron chi connectivity index (χ3n) is 3.63. The van der Waals surface area contributed by atoms with Crippen LogP contribution in [0.25, 0.3) is 0 Å². The van der Waals surface area contributed by atoms with Crippen LogP contribution in [0.3, 0.4) is 0 Å². The van der Waals surface area contributed by atoms with E-state index in [-0.39, 0.29) is 18.5 Å². The first-order valence-electron chi connectivity index (χ1n) is 7.08. The summed E-state index contributed by atoms with van der Waals surface area (Å²) >= 11 is 6.05. The molecule has 0 unspecified atom stereocenters. The van der Waals surface area contributed by atoms with Crippen LogP contribution in [-0.4, -0.2) is 42.4 Å². The van der Waals surface area contributed by atoms with E-state index in [1.165, 1.54) is 6.07 Å². The topological polar surface area (TPSA) is 32.7 Å². The number of aliphatic hydroxyl groups excluding tert-OH is 1. The number of hydrogen-bond donors (Lipinski definition) is 1. The van der Waals surface area contributed by atoms with Crippen LogP contribution < -0.4 is 0 Å². The van der Waals surface area contributed by atoms with E-state index in [0.717, 1.165) is 25.9 Å². The summed E-state index contributed by atoms with van der Waals surface area (Å²) in [5.74, 6) is -0.237. The molecule has 2 rings (SSSR count). The monoisotopic (exact) mass is 301 g/mol. The van der Waals surface area contributed by atoms with Gasteiger partial charge in [-0.15, -0.1) is 0 Å². The predicted molar refractivity (Wildman–Crippen MR) is 77.4 cm³/mol. The van der Waals surface area contributed by atoms with E-state index in [1.54, 1.807) is 12.1 Å². The summed E-state index contributed by atoms with van der Waals surface area (Å²) < 4.78 is 19.4. The molecule has 1 heterocycles. The minimum atomic E-state index is -0.237. The minimum Gasteiger partial charge on any atom is -0.396 e. The van der Waals surface area contributed by atoms with Gasteiger partial charge in [-0.2, -0.15) is 0 Å². The zero-order valence-electron chi connectivity index (χ0n) is 11.5. The molecule has 1 aliphatic heterocycles. The second-order valence-electron chi connectivity index (χ2n) is 5.12. The molecule has 0 atom stereocenters. The van der Waals surface area contributed by atoms with E-state index >= 15 is 0 Å². The van der Waals surface area contributed by atoms with Gasteiger partial charge in [0.15, 0.2) is 0 Å². The molecule has 0 radical (unpaired) electrons. The molecule has 0 aliphatic carbocycles. The first-order chi connectivity index (χ1) is 9.70. The van der Waals surface area contributed by atoms with E-state index in [0.29, 0.717) is 30.2 Å². The number of rotatable bonds is 6. The molecule has 112 valence electrons. The zero-order valence-corrected chi connectivity index (χ0v) is 12.3. The van der Waals surface area contributed by atoms with E-state index in [2.05, 4.69) is 4.90 Å². The quantitative estimate of drug-likeness (QED) is 0.820. The fraction of sp³-hybridized carbons (Fsp3) is 0.600. The summed E-state index contributed by atoms with van der Waals surface area (Å²) in [6, 6.07) is 4.80. The number of halogens is 2. The standard InChI is InChI=1S/C15H21ClFNO2/c16-14-3-1-4-15(17)13(14)11-18-7-5-12(6-8-18)20-10-2-9-19/h1,3-4,12,19H,2,5-11H2. The highest BCUT2D eigenvalue weighted by atomic mass is 35.5. The number of benzene rings is 1. The Bertz CT molecular complexity index is 402. The Morgan fingerprint density at radius 1 is 1.35 bits per heavy atom. The second kappa shape index (κ2) is 7.93. The van der Waals surface area contributed by atoms with Gasteiger partial charge in [0.05, 0.1) is 6.10 Å². The van der Waals surface area contributed by atoms with Gasteiger partial charge >= 0.3 is 0 Å². The van der Waals surface area contributed by atoms with Crippen molar-refractivity contribution in [3.8, 4) is 0 Å². The Balaban J connectivity index is 1.80. The third-order valence-corrected chi connectivity index (χ3v) is 3.99. The normalized spacial score (nSPS) is 17.6. The average molecular weight is 302 g/mol. The van der Waals surface area contributed by atoms with Crippen molar-refractivity contribution < 1.29 is 14.2 Å². The smallest absolute Gasteiger partial charge is 0.129 e. The summed E-state index contributed by atoms with van der Waals surface area (Å²) in [7, 11) is 0. The summed E-state index contributed by atoms with van der Waals surface area (Å²) in [5, 5.41) is 9.21. The molecule has 1 saturated heterocycles. The van der Waals surface area contributed by atoms with Gasteiger partial charge in [0.25, 0.3) is 0 Å². The Kier molecular flexibility index (Phi) is 6.23. The Hall–Kier alpha value is -0.680. The molecule has 0 bridgehead atoms. The SMILES string of the molecule is OCCCOC1CCN(Cc2c(F)cccc2Cl)CC1. The van der Waals surface area contributed by atoms with Gasteiger partial charge in [0.1, 0.15) is 5.82 Å². The van der Waals surface area contributed by atoms with Crippen LogP contribution in [0.15, 0.2) is 18.2 Å². The van der Waals surface area contributed by atoms with Crippen LogP contribution in [0.1, 0.15) is 24.8 Å². The Labute approximate surface area is 124 Å².